The van der Waals surface area contributed by atoms with Gasteiger partial charge in [-0.1, -0.05) is 6.07 Å². The Labute approximate surface area is 114 Å². The van der Waals surface area contributed by atoms with Crippen molar-refractivity contribution in [2.24, 2.45) is 16.5 Å². The molecular weight excluding hydrogens is 282 g/mol. The monoisotopic (exact) mass is 294 g/mol. The molecule has 0 aliphatic rings. The molecule has 0 aromatic carbocycles. The Morgan fingerprint density at radius 3 is 2.20 bits per heavy atom. The van der Waals surface area contributed by atoms with E-state index in [1.807, 2.05) is 12.1 Å². The molecule has 90 valence electrons. The summed E-state index contributed by atoms with van der Waals surface area (Å²) in [4.78, 5) is 7.74. The average molecular weight is 296 g/mol. The zero-order valence-electron chi connectivity index (χ0n) is 7.70. The van der Waals surface area contributed by atoms with Gasteiger partial charge in [-0.3, -0.25) is 4.98 Å². The minimum atomic E-state index is 0. The molecule has 0 saturated heterocycles. The van der Waals surface area contributed by atoms with E-state index in [4.69, 9.17) is 11.5 Å². The molecule has 0 amide bonds. The molecule has 0 atom stereocenters. The van der Waals surface area contributed by atoms with Crippen molar-refractivity contribution in [1.82, 2.24) is 4.98 Å². The molecule has 0 spiro atoms. The van der Waals surface area contributed by atoms with Crippen LogP contribution in [0.5, 0.6) is 0 Å². The van der Waals surface area contributed by atoms with Crippen LogP contribution in [0.15, 0.2) is 29.5 Å². The number of nitrogens with two attached hydrogens (primary N) is 2. The maximum Gasteiger partial charge on any atom is 0.186 e. The Bertz CT molecular complexity index is 250. The van der Waals surface area contributed by atoms with Gasteiger partial charge < -0.3 is 11.5 Å². The van der Waals surface area contributed by atoms with Crippen LogP contribution in [0.1, 0.15) is 5.56 Å². The summed E-state index contributed by atoms with van der Waals surface area (Å²) >= 11 is 0. The Morgan fingerprint density at radius 2 is 1.80 bits per heavy atom. The molecule has 1 aromatic heterocycles. The quantitative estimate of drug-likeness (QED) is 0.642. The summed E-state index contributed by atoms with van der Waals surface area (Å²) in [6.07, 6.45) is 3.44. The van der Waals surface area contributed by atoms with Gasteiger partial charge in [0.1, 0.15) is 0 Å². The molecule has 1 rings (SSSR count). The van der Waals surface area contributed by atoms with Gasteiger partial charge in [0.15, 0.2) is 5.96 Å². The van der Waals surface area contributed by atoms with Crippen LogP contribution in [-0.2, 0) is 6.54 Å². The van der Waals surface area contributed by atoms with Gasteiger partial charge in [0.25, 0.3) is 0 Å². The molecule has 0 aliphatic heterocycles. The smallest absolute Gasteiger partial charge is 0.186 e. The van der Waals surface area contributed by atoms with Crippen molar-refractivity contribution in [2.45, 2.75) is 6.54 Å². The zero-order chi connectivity index (χ0) is 8.10. The Kier molecular flexibility index (Phi) is 21.7. The highest BCUT2D eigenvalue weighted by Gasteiger charge is 1.87. The van der Waals surface area contributed by atoms with Gasteiger partial charge in [-0.2, -0.15) is 0 Å². The highest BCUT2D eigenvalue weighted by Crippen LogP contribution is 1.96. The van der Waals surface area contributed by atoms with Crippen molar-refractivity contribution in [2.75, 3.05) is 0 Å². The lowest BCUT2D eigenvalue weighted by Gasteiger charge is -1.93. The summed E-state index contributed by atoms with van der Waals surface area (Å²) in [6, 6.07) is 3.76. The maximum absolute atomic E-state index is 5.15. The summed E-state index contributed by atoms with van der Waals surface area (Å²) < 4.78 is 0. The molecular formula is C7H14Cl4N4. The van der Waals surface area contributed by atoms with Crippen LogP contribution in [0.2, 0.25) is 0 Å². The van der Waals surface area contributed by atoms with E-state index in [0.29, 0.717) is 6.54 Å². The summed E-state index contributed by atoms with van der Waals surface area (Å²) in [5.41, 5.74) is 11.3. The van der Waals surface area contributed by atoms with Gasteiger partial charge in [-0.15, -0.1) is 49.6 Å². The van der Waals surface area contributed by atoms with E-state index < -0.39 is 0 Å². The molecule has 8 heteroatoms. The second kappa shape index (κ2) is 13.6. The Morgan fingerprint density at radius 1 is 1.20 bits per heavy atom. The van der Waals surface area contributed by atoms with E-state index in [9.17, 15) is 0 Å². The number of pyridine rings is 1. The van der Waals surface area contributed by atoms with Crippen LogP contribution < -0.4 is 11.5 Å². The average Bonchev–Trinajstić information content (AvgIpc) is 2.03. The van der Waals surface area contributed by atoms with Gasteiger partial charge in [0.2, 0.25) is 0 Å². The largest absolute Gasteiger partial charge is 0.370 e. The van der Waals surface area contributed by atoms with Crippen LogP contribution in [-0.4, -0.2) is 10.9 Å². The zero-order valence-corrected chi connectivity index (χ0v) is 11.0. The summed E-state index contributed by atoms with van der Waals surface area (Å²) in [6.45, 7) is 0.496. The highest BCUT2D eigenvalue weighted by atomic mass is 35.5. The molecule has 4 N–H and O–H groups in total. The van der Waals surface area contributed by atoms with Crippen molar-refractivity contribution < 1.29 is 0 Å². The summed E-state index contributed by atoms with van der Waals surface area (Å²) in [5, 5.41) is 0. The van der Waals surface area contributed by atoms with E-state index in [0.717, 1.165) is 5.56 Å². The van der Waals surface area contributed by atoms with E-state index in [1.165, 1.54) is 0 Å². The van der Waals surface area contributed by atoms with Gasteiger partial charge in [0, 0.05) is 12.4 Å². The number of aromatic nitrogens is 1. The van der Waals surface area contributed by atoms with Crippen LogP contribution in [0.3, 0.4) is 0 Å². The second-order valence-corrected chi connectivity index (χ2v) is 2.10. The Balaban J connectivity index is -0.000000151. The maximum atomic E-state index is 5.15. The van der Waals surface area contributed by atoms with Gasteiger partial charge >= 0.3 is 0 Å². The summed E-state index contributed by atoms with van der Waals surface area (Å²) in [5.74, 6) is 0.105. The van der Waals surface area contributed by atoms with Gasteiger partial charge in [0.05, 0.1) is 6.54 Å². The standard InChI is InChI=1S/C7H10N4.4ClH/c8-7(9)11-5-6-2-1-3-10-4-6;;;;/h1-4H,5H2,(H4,8,9,11);4*1H. The normalized spacial score (nSPS) is 6.67. The topological polar surface area (TPSA) is 77.3 Å². The van der Waals surface area contributed by atoms with E-state index >= 15 is 0 Å². The third-order valence-corrected chi connectivity index (χ3v) is 1.17. The molecule has 0 aliphatic carbocycles. The lowest BCUT2D eigenvalue weighted by Crippen LogP contribution is -2.22. The molecule has 1 aromatic rings. The minimum Gasteiger partial charge on any atom is -0.370 e. The molecule has 1 heterocycles. The first-order chi connectivity index (χ1) is 5.29. The summed E-state index contributed by atoms with van der Waals surface area (Å²) in [7, 11) is 0. The molecule has 0 unspecified atom stereocenters. The molecule has 0 radical (unpaired) electrons. The lowest BCUT2D eigenvalue weighted by atomic mass is 10.3. The first-order valence-corrected chi connectivity index (χ1v) is 3.23. The second-order valence-electron chi connectivity index (χ2n) is 2.10. The highest BCUT2D eigenvalue weighted by molar-refractivity contribution is 5.86. The third kappa shape index (κ3) is 11.5. The van der Waals surface area contributed by atoms with E-state index in [2.05, 4.69) is 9.98 Å². The molecule has 15 heavy (non-hydrogen) atoms. The Hall–Kier alpha value is -0.420. The SMILES string of the molecule is Cl.Cl.Cl.Cl.NC(N)=NCc1cccnc1. The third-order valence-electron chi connectivity index (χ3n) is 1.17. The van der Waals surface area contributed by atoms with Crippen molar-refractivity contribution in [3.63, 3.8) is 0 Å². The lowest BCUT2D eigenvalue weighted by molar-refractivity contribution is 1.03. The van der Waals surface area contributed by atoms with Crippen molar-refractivity contribution in [3.8, 4) is 0 Å². The van der Waals surface area contributed by atoms with Crippen molar-refractivity contribution >= 4 is 55.6 Å². The number of rotatable bonds is 2. The van der Waals surface area contributed by atoms with E-state index in [-0.39, 0.29) is 55.6 Å². The number of guanidine groups is 1. The molecule has 0 bridgehead atoms. The fraction of sp³-hybridized carbons (Fsp3) is 0.143. The van der Waals surface area contributed by atoms with E-state index in [1.54, 1.807) is 12.4 Å². The predicted octanol–water partition coefficient (Wildman–Crippen LogP) is 1.54. The number of halogens is 4. The number of nitrogens with zero attached hydrogens (tertiary/aromatic N) is 2. The predicted molar refractivity (Wildman–Crippen MR) is 72.7 cm³/mol. The first kappa shape index (κ1) is 24.0. The molecule has 0 fully saturated rings. The van der Waals surface area contributed by atoms with Crippen LogP contribution in [0.25, 0.3) is 0 Å². The van der Waals surface area contributed by atoms with Crippen LogP contribution >= 0.6 is 49.6 Å². The fourth-order valence-corrected chi connectivity index (χ4v) is 0.674. The van der Waals surface area contributed by atoms with Gasteiger partial charge in [-0.05, 0) is 11.6 Å². The molecule has 0 saturated carbocycles. The number of aliphatic imine (C=N–C) groups is 1. The number of hydrogen-bond donors (Lipinski definition) is 2. The van der Waals surface area contributed by atoms with Crippen molar-refractivity contribution in [1.29, 1.82) is 0 Å². The van der Waals surface area contributed by atoms with Crippen LogP contribution in [0.4, 0.5) is 0 Å². The van der Waals surface area contributed by atoms with Crippen molar-refractivity contribution in [3.05, 3.63) is 30.1 Å². The fourth-order valence-electron chi connectivity index (χ4n) is 0.674. The molecule has 4 nitrogen and oxygen atoms in total. The first-order valence-electron chi connectivity index (χ1n) is 3.23. The minimum absolute atomic E-state index is 0. The van der Waals surface area contributed by atoms with Gasteiger partial charge in [-0.25, -0.2) is 4.99 Å². The van der Waals surface area contributed by atoms with Crippen LogP contribution in [0, 0.1) is 0 Å². The number of hydrogen-bond acceptors (Lipinski definition) is 2.